The van der Waals surface area contributed by atoms with Crippen molar-refractivity contribution in [3.63, 3.8) is 0 Å². The number of fused-ring (bicyclic) bond motifs is 6. The first kappa shape index (κ1) is 84.8. The van der Waals surface area contributed by atoms with Gasteiger partial charge in [0.1, 0.15) is 24.1 Å². The predicted octanol–water partition coefficient (Wildman–Crippen LogP) is 15.3. The number of ether oxygens (including phenoxy) is 4. The number of aromatic nitrogens is 9. The van der Waals surface area contributed by atoms with Crippen molar-refractivity contribution in [3.05, 3.63) is 252 Å². The van der Waals surface area contributed by atoms with E-state index in [4.69, 9.17) is 18.9 Å². The molecule has 25 nitrogen and oxygen atoms in total. The molecule has 3 saturated heterocycles. The van der Waals surface area contributed by atoms with Crippen LogP contribution < -0.4 is 5.32 Å². The third-order valence-electron chi connectivity index (χ3n) is 23.6. The Hall–Kier alpha value is -12.8. The lowest BCUT2D eigenvalue weighted by atomic mass is 9.84. The molecule has 0 saturated carbocycles. The lowest BCUT2D eigenvalue weighted by Crippen LogP contribution is -2.35. The molecule has 18 rings (SSSR count). The molecular weight excluding hydrogens is 1600 g/mol. The van der Waals surface area contributed by atoms with Crippen LogP contribution >= 0.6 is 0 Å². The number of aliphatic hydroxyl groups is 2. The van der Waals surface area contributed by atoms with E-state index in [-0.39, 0.29) is 60.9 Å². The number of hydrogen-bond donors (Lipinski definition) is 6. The quantitative estimate of drug-likeness (QED) is 0.0367. The number of nitrogens with zero attached hydrogens (tertiary/aromatic N) is 9. The van der Waals surface area contributed by atoms with Crippen LogP contribution in [0.1, 0.15) is 96.1 Å². The molecule has 3 aliphatic heterocycles. The highest BCUT2D eigenvalue weighted by molar-refractivity contribution is 7.91. The van der Waals surface area contributed by atoms with Gasteiger partial charge in [0.2, 0.25) is 0 Å². The Bertz CT molecular complexity index is 6650. The number of methoxy groups -OCH3 is 3. The average molecular weight is 1700 g/mol. The van der Waals surface area contributed by atoms with E-state index in [0.29, 0.717) is 75.7 Å². The number of aliphatic hydroxyl groups excluding tert-OH is 2. The van der Waals surface area contributed by atoms with Gasteiger partial charge in [-0.2, -0.15) is 15.3 Å². The fraction of sp³-hybridized carbons (Fsp3) is 0.295. The Morgan fingerprint density at radius 2 is 0.839 bits per heavy atom. The number of sulfone groups is 1. The maximum Gasteiger partial charge on any atom is 0.409 e. The van der Waals surface area contributed by atoms with Crippen molar-refractivity contribution < 1.29 is 69.9 Å². The fourth-order valence-corrected chi connectivity index (χ4v) is 18.8. The third-order valence-corrected chi connectivity index (χ3v) is 25.2. The van der Waals surface area contributed by atoms with E-state index in [0.717, 1.165) is 133 Å². The van der Waals surface area contributed by atoms with E-state index in [2.05, 4.69) is 128 Å². The van der Waals surface area contributed by atoms with E-state index in [1.807, 2.05) is 36.4 Å². The molecule has 640 valence electrons. The van der Waals surface area contributed by atoms with Gasteiger partial charge >= 0.3 is 6.09 Å². The van der Waals surface area contributed by atoms with Gasteiger partial charge in [0, 0.05) is 183 Å². The van der Waals surface area contributed by atoms with Crippen LogP contribution in [0, 0.1) is 17.5 Å². The summed E-state index contributed by atoms with van der Waals surface area (Å²) in [5.74, 6) is -1.57. The number of carbonyl (C=O) groups excluding carboxylic acids is 4. The van der Waals surface area contributed by atoms with Gasteiger partial charge in [0.05, 0.1) is 95.5 Å². The van der Waals surface area contributed by atoms with Crippen molar-refractivity contribution in [3.8, 4) is 50.4 Å². The zero-order chi connectivity index (χ0) is 87.4. The van der Waals surface area contributed by atoms with Crippen LogP contribution in [-0.2, 0) is 45.0 Å². The van der Waals surface area contributed by atoms with E-state index in [1.54, 1.807) is 123 Å². The van der Waals surface area contributed by atoms with Crippen LogP contribution in [0.15, 0.2) is 201 Å². The molecule has 0 bridgehead atoms. The minimum absolute atomic E-state index is 0.0996. The summed E-state index contributed by atoms with van der Waals surface area (Å²) in [6.45, 7) is 16.5. The number of rotatable bonds is 22. The summed E-state index contributed by atoms with van der Waals surface area (Å²) in [7, 11) is 1.82. The van der Waals surface area contributed by atoms with Gasteiger partial charge in [-0.25, -0.2) is 26.4 Å². The first-order valence-corrected chi connectivity index (χ1v) is 42.8. The van der Waals surface area contributed by atoms with Gasteiger partial charge in [0.25, 0.3) is 17.7 Å². The predicted molar refractivity (Wildman–Crippen MR) is 472 cm³/mol. The minimum atomic E-state index is -3.21. The SMILES string of the molecule is COCC(C)(C)c1c(-c2ccc(C(=O)N3CCC(S(C)(=O)=O)C3)cc2)c2cc3[nH]ncc3cc2n1-c1ccc(F)cc1.COCC(C)(C)c1c(-c2ccc(C(=O)N3C[C@H](O)[C@@H](O)C3)cc2)c2cc3[nH]ncc3cc2n1-c1ccc(F)cc1.COCC(C)(C)c1c(-c2ccc(C(=O)NCCN3CCOC3=O)cc2)c2cc3[nH]ncc3cc2n1-c1ccc(F)cc1. The Balaban J connectivity index is 0.000000138. The monoisotopic (exact) mass is 1700 g/mol. The molecule has 3 atom stereocenters. The van der Waals surface area contributed by atoms with Crippen molar-refractivity contribution in [1.82, 2.24) is 64.3 Å². The van der Waals surface area contributed by atoms with Crippen LogP contribution in [0.3, 0.4) is 0 Å². The standard InChI is InChI=1S/C32H32FN5O4.C32H33FN4O4S.C31H31FN4O4/c1-32(2,19-41-3)29-28(20-4-6-21(7-5-20)30(39)34-12-13-37-14-15-42-31(37)40)25-17-26-22(18-35-36-26)16-27(25)38(29)24-10-8-23(33)9-11-24;1-32(2,19-41-3)30-29(20-5-7-21(8-6-20)31(38)36-14-13-25(18-36)42(4,39)40)26-16-27-22(17-34-35-27)15-28(26)37(30)24-11-9-23(33)10-12-24;1-31(2,17-40-3)29-28(18-4-6-19(7-5-18)30(39)35-15-26(37)27(38)16-35)23-13-24-20(14-33-34-24)12-25(23)36(29)22-10-8-21(32)9-11-22/h4-11,16-18H,12-15,19H2,1-3H3,(H,34,39)(H,35,36);5-12,15-17,25H,13-14,18-19H2,1-4H3,(H,34,35);4-14,26-27,37-38H,15-17H2,1-3H3,(H,33,34)/t;;26-,27-/m..0/s1. The normalized spacial score (nSPS) is 15.8. The molecule has 9 aromatic carbocycles. The summed E-state index contributed by atoms with van der Waals surface area (Å²) >= 11 is 0. The molecule has 15 aromatic rings. The molecule has 29 heteroatoms. The number of benzene rings is 9. The van der Waals surface area contributed by atoms with Crippen LogP contribution in [-0.4, -0.2) is 219 Å². The number of hydrogen-bond acceptors (Lipinski definition) is 15. The maximum atomic E-state index is 14.0. The van der Waals surface area contributed by atoms with Gasteiger partial charge in [-0.15, -0.1) is 0 Å². The first-order valence-electron chi connectivity index (χ1n) is 40.9. The molecule has 0 radical (unpaired) electrons. The van der Waals surface area contributed by atoms with Gasteiger partial charge in [-0.3, -0.25) is 29.7 Å². The molecule has 3 aliphatic rings. The fourth-order valence-electron chi connectivity index (χ4n) is 17.8. The third kappa shape index (κ3) is 16.5. The van der Waals surface area contributed by atoms with Crippen LogP contribution in [0.4, 0.5) is 18.0 Å². The molecular formula is C95H96F3N13O12S. The number of β-amino-alcohol motifs (C(OH)–C–C–N with tert-alkyl or cyclic N) is 2. The summed E-state index contributed by atoms with van der Waals surface area (Å²) in [4.78, 5) is 55.6. The number of cyclic esters (lactones) is 1. The van der Waals surface area contributed by atoms with E-state index < -0.39 is 43.5 Å². The van der Waals surface area contributed by atoms with E-state index in [1.165, 1.54) is 47.6 Å². The number of amides is 4. The van der Waals surface area contributed by atoms with Crippen molar-refractivity contribution in [2.24, 2.45) is 0 Å². The minimum Gasteiger partial charge on any atom is -0.448 e. The molecule has 1 unspecified atom stereocenters. The smallest absolute Gasteiger partial charge is 0.409 e. The molecule has 9 heterocycles. The summed E-state index contributed by atoms with van der Waals surface area (Å²) in [6.07, 6.45) is 4.79. The Kier molecular flexibility index (Phi) is 23.4. The van der Waals surface area contributed by atoms with Gasteiger partial charge in [0.15, 0.2) is 9.84 Å². The molecule has 0 spiro atoms. The molecule has 4 amide bonds. The van der Waals surface area contributed by atoms with Crippen molar-refractivity contribution in [1.29, 1.82) is 0 Å². The number of carbonyl (C=O) groups is 4. The van der Waals surface area contributed by atoms with E-state index >= 15 is 0 Å². The largest absolute Gasteiger partial charge is 0.448 e. The molecule has 6 aromatic heterocycles. The summed E-state index contributed by atoms with van der Waals surface area (Å²) in [5, 5.41) is 49.8. The maximum absolute atomic E-state index is 14.0. The second kappa shape index (κ2) is 34.2. The summed E-state index contributed by atoms with van der Waals surface area (Å²) in [6, 6.07) is 54.2. The van der Waals surface area contributed by atoms with E-state index in [9.17, 15) is 51.0 Å². The zero-order valence-electron chi connectivity index (χ0n) is 70.3. The highest BCUT2D eigenvalue weighted by Gasteiger charge is 2.39. The topological polar surface area (TPSA) is 302 Å². The van der Waals surface area contributed by atoms with Gasteiger partial charge in [-0.1, -0.05) is 77.9 Å². The van der Waals surface area contributed by atoms with Crippen LogP contribution in [0.5, 0.6) is 0 Å². The molecule has 124 heavy (non-hydrogen) atoms. The molecule has 6 N–H and O–H groups in total. The lowest BCUT2D eigenvalue weighted by Gasteiger charge is -2.28. The highest BCUT2D eigenvalue weighted by atomic mass is 32.2. The second-order valence-electron chi connectivity index (χ2n) is 34.0. The number of aromatic amines is 3. The molecule has 3 fully saturated rings. The number of nitrogens with one attached hydrogen (secondary N) is 4. The average Bonchev–Trinajstić information content (AvgIpc) is 1.57. The Morgan fingerprint density at radius 1 is 0.492 bits per heavy atom. The highest BCUT2D eigenvalue weighted by Crippen LogP contribution is 2.49. The lowest BCUT2D eigenvalue weighted by molar-refractivity contribution is 0.0572. The number of halogens is 3. The Labute approximate surface area is 713 Å². The summed E-state index contributed by atoms with van der Waals surface area (Å²) < 4.78 is 94.4. The first-order chi connectivity index (χ1) is 59.4. The zero-order valence-corrected chi connectivity index (χ0v) is 71.1. The van der Waals surface area contributed by atoms with Crippen LogP contribution in [0.2, 0.25) is 0 Å². The van der Waals surface area contributed by atoms with Crippen LogP contribution in [0.25, 0.3) is 116 Å². The van der Waals surface area contributed by atoms with Crippen molar-refractivity contribution in [2.45, 2.75) is 81.7 Å². The second-order valence-corrected chi connectivity index (χ2v) is 36.3. The number of likely N-dealkylation sites (tertiary alicyclic amines) is 2. The van der Waals surface area contributed by atoms with Crippen molar-refractivity contribution >= 4 is 99.1 Å². The number of H-pyrrole nitrogens is 3. The van der Waals surface area contributed by atoms with Gasteiger partial charge < -0.3 is 62.9 Å². The summed E-state index contributed by atoms with van der Waals surface area (Å²) in [5.41, 5.74) is 16.7. The van der Waals surface area contributed by atoms with Gasteiger partial charge in [-0.05, 0) is 169 Å². The molecule has 0 aliphatic carbocycles. The Morgan fingerprint density at radius 3 is 1.16 bits per heavy atom. The van der Waals surface area contributed by atoms with Crippen molar-refractivity contribution in [2.75, 3.05) is 99.8 Å².